The van der Waals surface area contributed by atoms with Gasteiger partial charge in [0.15, 0.2) is 0 Å². The molecule has 176 valence electrons. The van der Waals surface area contributed by atoms with Crippen LogP contribution in [0.2, 0.25) is 0 Å². The maximum Gasteiger partial charge on any atom is 0.258 e. The molecule has 4 rings (SSSR count). The molecule has 1 N–H and O–H groups in total. The van der Waals surface area contributed by atoms with Gasteiger partial charge in [-0.05, 0) is 78.7 Å². The largest absolute Gasteiger partial charge is 0.326 e. The number of anilines is 2. The second-order valence-corrected chi connectivity index (χ2v) is 8.29. The van der Waals surface area contributed by atoms with E-state index in [-0.39, 0.29) is 36.4 Å². The molecule has 0 aliphatic rings. The molecule has 2 amide bonds. The van der Waals surface area contributed by atoms with Crippen LogP contribution in [0.15, 0.2) is 97.1 Å². The average Bonchev–Trinajstić information content (AvgIpc) is 2.85. The van der Waals surface area contributed by atoms with E-state index in [2.05, 4.69) is 5.32 Å². The van der Waals surface area contributed by atoms with Gasteiger partial charge in [-0.25, -0.2) is 8.78 Å². The number of halogens is 2. The van der Waals surface area contributed by atoms with Gasteiger partial charge in [0.1, 0.15) is 11.6 Å². The lowest BCUT2D eigenvalue weighted by Crippen LogP contribution is -2.30. The van der Waals surface area contributed by atoms with Gasteiger partial charge in [0.25, 0.3) is 5.91 Å². The lowest BCUT2D eigenvalue weighted by Gasteiger charge is -2.24. The minimum atomic E-state index is -0.379. The predicted octanol–water partition coefficient (Wildman–Crippen LogP) is 6.30. The number of rotatable bonds is 7. The van der Waals surface area contributed by atoms with Crippen molar-refractivity contribution in [1.29, 1.82) is 0 Å². The van der Waals surface area contributed by atoms with Gasteiger partial charge in [-0.1, -0.05) is 42.0 Å². The number of aryl methyl sites for hydroxylation is 1. The molecule has 0 saturated heterocycles. The van der Waals surface area contributed by atoms with Crippen LogP contribution >= 0.6 is 0 Å². The summed E-state index contributed by atoms with van der Waals surface area (Å²) in [5, 5.41) is 2.74. The molecule has 0 fully saturated rings. The summed E-state index contributed by atoms with van der Waals surface area (Å²) in [6.45, 7) is 2.18. The van der Waals surface area contributed by atoms with E-state index in [1.807, 2.05) is 19.1 Å². The Labute approximate surface area is 202 Å². The highest BCUT2D eigenvalue weighted by Gasteiger charge is 2.19. The number of nitrogens with one attached hydrogen (secondary N) is 1. The van der Waals surface area contributed by atoms with E-state index in [9.17, 15) is 18.4 Å². The topological polar surface area (TPSA) is 49.4 Å². The Hall–Kier alpha value is -4.32. The van der Waals surface area contributed by atoms with Crippen LogP contribution in [0.25, 0.3) is 0 Å². The second kappa shape index (κ2) is 10.7. The third-order valence-corrected chi connectivity index (χ3v) is 5.51. The molecule has 0 saturated carbocycles. The van der Waals surface area contributed by atoms with Crippen LogP contribution in [0, 0.1) is 18.6 Å². The molecule has 4 aromatic carbocycles. The molecule has 0 atom stereocenters. The molecule has 0 aliphatic heterocycles. The van der Waals surface area contributed by atoms with Gasteiger partial charge in [-0.15, -0.1) is 0 Å². The Morgan fingerprint density at radius 2 is 1.40 bits per heavy atom. The van der Waals surface area contributed by atoms with E-state index >= 15 is 0 Å². The van der Waals surface area contributed by atoms with Crippen LogP contribution in [0.3, 0.4) is 0 Å². The van der Waals surface area contributed by atoms with Crippen molar-refractivity contribution in [1.82, 2.24) is 0 Å². The molecule has 0 heterocycles. The van der Waals surface area contributed by atoms with Gasteiger partial charge in [0.2, 0.25) is 5.91 Å². The number of benzene rings is 4. The van der Waals surface area contributed by atoms with Gasteiger partial charge in [-0.2, -0.15) is 0 Å². The Balaban J connectivity index is 1.58. The fraction of sp³-hybridized carbons (Fsp3) is 0.103. The lowest BCUT2D eigenvalue weighted by molar-refractivity contribution is -0.115. The summed E-state index contributed by atoms with van der Waals surface area (Å²) in [6.07, 6.45) is 0.0777. The van der Waals surface area contributed by atoms with Crippen LogP contribution in [0.1, 0.15) is 27.0 Å². The Bertz CT molecular complexity index is 1320. The summed E-state index contributed by atoms with van der Waals surface area (Å²) < 4.78 is 26.5. The van der Waals surface area contributed by atoms with E-state index in [1.54, 1.807) is 53.4 Å². The number of carbonyl (C=O) groups excluding carboxylic acids is 2. The van der Waals surface area contributed by atoms with Gasteiger partial charge in [-0.3, -0.25) is 9.59 Å². The van der Waals surface area contributed by atoms with Crippen molar-refractivity contribution >= 4 is 23.2 Å². The molecule has 0 spiro atoms. The molecular weight excluding hydrogens is 446 g/mol. The molecule has 6 heteroatoms. The van der Waals surface area contributed by atoms with Gasteiger partial charge < -0.3 is 10.2 Å². The number of hydrogen-bond acceptors (Lipinski definition) is 2. The number of carbonyl (C=O) groups is 2. The predicted molar refractivity (Wildman–Crippen MR) is 133 cm³/mol. The monoisotopic (exact) mass is 470 g/mol. The van der Waals surface area contributed by atoms with E-state index in [0.717, 1.165) is 11.1 Å². The van der Waals surface area contributed by atoms with Crippen molar-refractivity contribution in [2.75, 3.05) is 10.2 Å². The highest BCUT2D eigenvalue weighted by Crippen LogP contribution is 2.23. The Morgan fingerprint density at radius 1 is 0.771 bits per heavy atom. The third-order valence-electron chi connectivity index (χ3n) is 5.51. The zero-order chi connectivity index (χ0) is 24.8. The van der Waals surface area contributed by atoms with E-state index in [0.29, 0.717) is 22.5 Å². The van der Waals surface area contributed by atoms with E-state index < -0.39 is 0 Å². The fourth-order valence-corrected chi connectivity index (χ4v) is 3.66. The first-order chi connectivity index (χ1) is 16.9. The van der Waals surface area contributed by atoms with Crippen molar-refractivity contribution < 1.29 is 18.4 Å². The molecule has 35 heavy (non-hydrogen) atoms. The standard InChI is InChI=1S/C29H24F2N2O2/c1-20-5-9-23(10-6-20)29(35)33(19-21-7-11-24(30)12-8-21)27-4-2-3-22(17-27)18-28(34)32-26-15-13-25(31)14-16-26/h2-17H,18-19H2,1H3,(H,32,34). The molecule has 0 aromatic heterocycles. The van der Waals surface area contributed by atoms with Gasteiger partial charge >= 0.3 is 0 Å². The van der Waals surface area contributed by atoms with E-state index in [1.165, 1.54) is 36.4 Å². The first-order valence-electron chi connectivity index (χ1n) is 11.1. The normalized spacial score (nSPS) is 10.6. The molecule has 0 aliphatic carbocycles. The highest BCUT2D eigenvalue weighted by atomic mass is 19.1. The maximum absolute atomic E-state index is 13.5. The van der Waals surface area contributed by atoms with Gasteiger partial charge in [0, 0.05) is 16.9 Å². The fourth-order valence-electron chi connectivity index (χ4n) is 3.66. The Morgan fingerprint density at radius 3 is 2.06 bits per heavy atom. The first-order valence-corrected chi connectivity index (χ1v) is 11.1. The van der Waals surface area contributed by atoms with Crippen LogP contribution < -0.4 is 10.2 Å². The molecule has 4 nitrogen and oxygen atoms in total. The number of amides is 2. The molecule has 0 unspecified atom stereocenters. The SMILES string of the molecule is Cc1ccc(C(=O)N(Cc2ccc(F)cc2)c2cccc(CC(=O)Nc3ccc(F)cc3)c2)cc1. The number of hydrogen-bond donors (Lipinski definition) is 1. The summed E-state index contributed by atoms with van der Waals surface area (Å²) in [4.78, 5) is 27.6. The summed E-state index contributed by atoms with van der Waals surface area (Å²) in [5.74, 6) is -1.19. The zero-order valence-electron chi connectivity index (χ0n) is 19.2. The summed E-state index contributed by atoms with van der Waals surface area (Å²) in [5.41, 5.74) is 4.17. The third kappa shape index (κ3) is 6.38. The van der Waals surface area contributed by atoms with Crippen molar-refractivity contribution in [2.45, 2.75) is 19.9 Å². The van der Waals surface area contributed by atoms with Crippen LogP contribution in [-0.2, 0) is 17.8 Å². The van der Waals surface area contributed by atoms with Crippen molar-refractivity contribution in [3.63, 3.8) is 0 Å². The minimum Gasteiger partial charge on any atom is -0.326 e. The van der Waals surface area contributed by atoms with Crippen molar-refractivity contribution in [3.05, 3.63) is 131 Å². The molecule has 0 radical (unpaired) electrons. The molecular formula is C29H24F2N2O2. The lowest BCUT2D eigenvalue weighted by atomic mass is 10.1. The van der Waals surface area contributed by atoms with Crippen molar-refractivity contribution in [2.24, 2.45) is 0 Å². The second-order valence-electron chi connectivity index (χ2n) is 8.29. The van der Waals surface area contributed by atoms with Gasteiger partial charge in [0.05, 0.1) is 13.0 Å². The minimum absolute atomic E-state index is 0.0777. The zero-order valence-corrected chi connectivity index (χ0v) is 19.2. The molecule has 4 aromatic rings. The Kier molecular flexibility index (Phi) is 7.31. The van der Waals surface area contributed by atoms with Crippen LogP contribution in [0.4, 0.5) is 20.2 Å². The van der Waals surface area contributed by atoms with E-state index in [4.69, 9.17) is 0 Å². The first kappa shape index (κ1) is 23.8. The highest BCUT2D eigenvalue weighted by molar-refractivity contribution is 6.06. The van der Waals surface area contributed by atoms with Crippen LogP contribution in [-0.4, -0.2) is 11.8 Å². The smallest absolute Gasteiger partial charge is 0.258 e. The summed E-state index contributed by atoms with van der Waals surface area (Å²) >= 11 is 0. The average molecular weight is 471 g/mol. The maximum atomic E-state index is 13.5. The van der Waals surface area contributed by atoms with Crippen LogP contribution in [0.5, 0.6) is 0 Å². The quantitative estimate of drug-likeness (QED) is 0.345. The molecule has 0 bridgehead atoms. The number of nitrogens with zero attached hydrogens (tertiary/aromatic N) is 1. The van der Waals surface area contributed by atoms with Crippen molar-refractivity contribution in [3.8, 4) is 0 Å². The summed E-state index contributed by atoms with van der Waals surface area (Å²) in [6, 6.07) is 26.0. The summed E-state index contributed by atoms with van der Waals surface area (Å²) in [7, 11) is 0.